The van der Waals surface area contributed by atoms with E-state index in [4.69, 9.17) is 0 Å². The highest BCUT2D eigenvalue weighted by Gasteiger charge is 2.22. The number of amides is 1. The average molecular weight is 544 g/mol. The highest BCUT2D eigenvalue weighted by Crippen LogP contribution is 2.22. The molecule has 0 atom stereocenters. The third-order valence-electron chi connectivity index (χ3n) is 5.57. The summed E-state index contributed by atoms with van der Waals surface area (Å²) in [6.07, 6.45) is 2.40. The van der Waals surface area contributed by atoms with E-state index in [1.165, 1.54) is 11.1 Å². The Morgan fingerprint density at radius 2 is 1.68 bits per heavy atom. The number of halogens is 1. The number of aliphatic imine (C=N–C) groups is 1. The zero-order valence-corrected chi connectivity index (χ0v) is 22.3. The number of hydrogen-bond donors (Lipinski definition) is 2. The highest BCUT2D eigenvalue weighted by atomic mass is 127. The van der Waals surface area contributed by atoms with Crippen molar-refractivity contribution in [1.29, 1.82) is 0 Å². The van der Waals surface area contributed by atoms with Crippen molar-refractivity contribution in [3.63, 3.8) is 0 Å². The SMILES string of the molecule is CCNC(=NCCCC(=O)N1Cc2ccccc2C1)NCCCN(C(C)C)C(C)C.I. The van der Waals surface area contributed by atoms with Crippen molar-refractivity contribution in [2.75, 3.05) is 26.2 Å². The topological polar surface area (TPSA) is 60.0 Å². The third kappa shape index (κ3) is 9.35. The molecule has 0 saturated carbocycles. The van der Waals surface area contributed by atoms with Crippen molar-refractivity contribution in [2.24, 2.45) is 4.99 Å². The van der Waals surface area contributed by atoms with Gasteiger partial charge in [-0.1, -0.05) is 24.3 Å². The lowest BCUT2D eigenvalue weighted by atomic mass is 10.1. The van der Waals surface area contributed by atoms with E-state index in [0.29, 0.717) is 25.0 Å². The molecule has 1 amide bonds. The summed E-state index contributed by atoms with van der Waals surface area (Å²) < 4.78 is 0. The van der Waals surface area contributed by atoms with Gasteiger partial charge in [0, 0.05) is 57.8 Å². The smallest absolute Gasteiger partial charge is 0.223 e. The van der Waals surface area contributed by atoms with Crippen LogP contribution in [0.3, 0.4) is 0 Å². The molecule has 1 aliphatic heterocycles. The molecule has 2 N–H and O–H groups in total. The van der Waals surface area contributed by atoms with Crippen molar-refractivity contribution >= 4 is 35.8 Å². The Kier molecular flexibility index (Phi) is 13.1. The van der Waals surface area contributed by atoms with E-state index in [1.54, 1.807) is 0 Å². The minimum absolute atomic E-state index is 0. The summed E-state index contributed by atoms with van der Waals surface area (Å²) in [6, 6.07) is 9.44. The second-order valence-corrected chi connectivity index (χ2v) is 8.59. The van der Waals surface area contributed by atoms with Gasteiger partial charge >= 0.3 is 0 Å². The van der Waals surface area contributed by atoms with Crippen LogP contribution in [0.15, 0.2) is 29.3 Å². The fourth-order valence-electron chi connectivity index (χ4n) is 4.01. The summed E-state index contributed by atoms with van der Waals surface area (Å²) in [5.74, 6) is 1.07. The van der Waals surface area contributed by atoms with Crippen molar-refractivity contribution in [1.82, 2.24) is 20.4 Å². The van der Waals surface area contributed by atoms with E-state index in [9.17, 15) is 4.79 Å². The van der Waals surface area contributed by atoms with Gasteiger partial charge in [0.1, 0.15) is 0 Å². The van der Waals surface area contributed by atoms with Crippen molar-refractivity contribution in [2.45, 2.75) is 79.1 Å². The Morgan fingerprint density at radius 3 is 2.23 bits per heavy atom. The number of benzene rings is 1. The van der Waals surface area contributed by atoms with Gasteiger partial charge in [-0.25, -0.2) is 0 Å². The van der Waals surface area contributed by atoms with Crippen molar-refractivity contribution < 1.29 is 4.79 Å². The molecular formula is C24H42IN5O. The lowest BCUT2D eigenvalue weighted by molar-refractivity contribution is -0.131. The molecule has 0 unspecified atom stereocenters. The molecule has 1 heterocycles. The molecule has 7 heteroatoms. The van der Waals surface area contributed by atoms with E-state index in [-0.39, 0.29) is 29.9 Å². The monoisotopic (exact) mass is 543 g/mol. The van der Waals surface area contributed by atoms with E-state index in [1.807, 2.05) is 17.0 Å². The quantitative estimate of drug-likeness (QED) is 0.192. The first kappa shape index (κ1) is 27.7. The van der Waals surface area contributed by atoms with Gasteiger partial charge in [-0.2, -0.15) is 0 Å². The largest absolute Gasteiger partial charge is 0.357 e. The fourth-order valence-corrected chi connectivity index (χ4v) is 4.01. The molecule has 1 aromatic rings. The van der Waals surface area contributed by atoms with Crippen LogP contribution in [0.5, 0.6) is 0 Å². The van der Waals surface area contributed by atoms with Crippen LogP contribution in [0.25, 0.3) is 0 Å². The van der Waals surface area contributed by atoms with E-state index < -0.39 is 0 Å². The van der Waals surface area contributed by atoms with Crippen LogP contribution in [0.1, 0.15) is 65.0 Å². The Morgan fingerprint density at radius 1 is 1.06 bits per heavy atom. The minimum Gasteiger partial charge on any atom is -0.357 e. The first-order valence-corrected chi connectivity index (χ1v) is 11.5. The van der Waals surface area contributed by atoms with Gasteiger partial charge in [0.2, 0.25) is 5.91 Å². The van der Waals surface area contributed by atoms with Gasteiger partial charge in [-0.05, 0) is 58.6 Å². The van der Waals surface area contributed by atoms with Crippen LogP contribution >= 0.6 is 24.0 Å². The number of rotatable bonds is 11. The number of nitrogens with zero attached hydrogens (tertiary/aromatic N) is 3. The first-order valence-electron chi connectivity index (χ1n) is 11.5. The summed E-state index contributed by atoms with van der Waals surface area (Å²) >= 11 is 0. The molecule has 6 nitrogen and oxygen atoms in total. The van der Waals surface area contributed by atoms with Gasteiger partial charge in [-0.15, -0.1) is 24.0 Å². The molecule has 0 aliphatic carbocycles. The average Bonchev–Trinajstić information content (AvgIpc) is 3.14. The van der Waals surface area contributed by atoms with Crippen LogP contribution in [-0.4, -0.2) is 59.9 Å². The van der Waals surface area contributed by atoms with Crippen LogP contribution < -0.4 is 10.6 Å². The molecule has 0 radical (unpaired) electrons. The number of fused-ring (bicyclic) bond motifs is 1. The van der Waals surface area contributed by atoms with Crippen LogP contribution in [0.2, 0.25) is 0 Å². The molecule has 0 bridgehead atoms. The zero-order chi connectivity index (χ0) is 21.9. The van der Waals surface area contributed by atoms with Gasteiger partial charge in [-0.3, -0.25) is 14.7 Å². The van der Waals surface area contributed by atoms with Crippen LogP contribution in [0.4, 0.5) is 0 Å². The van der Waals surface area contributed by atoms with E-state index in [2.05, 4.69) is 67.3 Å². The first-order chi connectivity index (χ1) is 14.4. The van der Waals surface area contributed by atoms with Gasteiger partial charge in [0.25, 0.3) is 0 Å². The maximum Gasteiger partial charge on any atom is 0.223 e. The Labute approximate surface area is 206 Å². The van der Waals surface area contributed by atoms with Gasteiger partial charge < -0.3 is 15.5 Å². The summed E-state index contributed by atoms with van der Waals surface area (Å²) in [5, 5.41) is 6.73. The second kappa shape index (κ2) is 14.7. The van der Waals surface area contributed by atoms with E-state index >= 15 is 0 Å². The fraction of sp³-hybridized carbons (Fsp3) is 0.667. The van der Waals surface area contributed by atoms with Crippen LogP contribution in [0, 0.1) is 0 Å². The third-order valence-corrected chi connectivity index (χ3v) is 5.57. The minimum atomic E-state index is 0. The van der Waals surface area contributed by atoms with Gasteiger partial charge in [0.05, 0.1) is 0 Å². The summed E-state index contributed by atoms with van der Waals surface area (Å²) in [4.78, 5) is 21.6. The lowest BCUT2D eigenvalue weighted by Gasteiger charge is -2.30. The molecule has 31 heavy (non-hydrogen) atoms. The summed E-state index contributed by atoms with van der Waals surface area (Å²) in [5.41, 5.74) is 2.55. The Balaban J connectivity index is 0.00000480. The maximum absolute atomic E-state index is 12.5. The Bertz CT molecular complexity index is 659. The number of carbonyl (C=O) groups excluding carboxylic acids is 1. The van der Waals surface area contributed by atoms with E-state index in [0.717, 1.165) is 51.5 Å². The molecule has 176 valence electrons. The predicted molar refractivity (Wildman–Crippen MR) is 141 cm³/mol. The number of carbonyl (C=O) groups is 1. The second-order valence-electron chi connectivity index (χ2n) is 8.59. The summed E-state index contributed by atoms with van der Waals surface area (Å²) in [7, 11) is 0. The zero-order valence-electron chi connectivity index (χ0n) is 20.0. The maximum atomic E-state index is 12.5. The van der Waals surface area contributed by atoms with Crippen LogP contribution in [-0.2, 0) is 17.9 Å². The molecule has 0 fully saturated rings. The number of hydrogen-bond acceptors (Lipinski definition) is 3. The number of guanidine groups is 1. The standard InChI is InChI=1S/C24H41N5O.HI/c1-6-25-24(27-15-10-16-29(19(2)3)20(4)5)26-14-9-13-23(30)28-17-21-11-7-8-12-22(21)18-28;/h7-8,11-12,19-20H,6,9-10,13-18H2,1-5H3,(H2,25,26,27);1H. The molecule has 0 saturated heterocycles. The van der Waals surface area contributed by atoms with Gasteiger partial charge in [0.15, 0.2) is 5.96 Å². The molecular weight excluding hydrogens is 501 g/mol. The lowest BCUT2D eigenvalue weighted by Crippen LogP contribution is -2.41. The molecule has 1 aliphatic rings. The molecule has 0 spiro atoms. The number of nitrogens with one attached hydrogen (secondary N) is 2. The predicted octanol–water partition coefficient (Wildman–Crippen LogP) is 3.99. The summed E-state index contributed by atoms with van der Waals surface area (Å²) in [6.45, 7) is 16.0. The van der Waals surface area contributed by atoms with Crippen molar-refractivity contribution in [3.8, 4) is 0 Å². The normalized spacial score (nSPS) is 13.5. The van der Waals surface area contributed by atoms with Crippen molar-refractivity contribution in [3.05, 3.63) is 35.4 Å². The molecule has 2 rings (SSSR count). The molecule has 1 aromatic carbocycles. The molecule has 0 aromatic heterocycles. The highest BCUT2D eigenvalue weighted by molar-refractivity contribution is 14.0. The Hall–Kier alpha value is -1.35.